The molecule has 20 heavy (non-hydrogen) atoms. The average Bonchev–Trinajstić information content (AvgIpc) is 2.42. The Labute approximate surface area is 123 Å². The first-order valence-corrected chi connectivity index (χ1v) is 8.42. The van der Waals surface area contributed by atoms with Gasteiger partial charge in [0.05, 0.1) is 5.69 Å². The van der Waals surface area contributed by atoms with Gasteiger partial charge in [-0.1, -0.05) is 24.9 Å². The van der Waals surface area contributed by atoms with Crippen molar-refractivity contribution in [2.75, 3.05) is 18.8 Å². The van der Waals surface area contributed by atoms with Gasteiger partial charge >= 0.3 is 0 Å². The average molecular weight is 321 g/mol. The maximum Gasteiger partial charge on any atom is 0.246 e. The second-order valence-corrected chi connectivity index (χ2v) is 7.41. The standard InChI is InChI=1S/C13H18ClFN2O2S/c1-2-9-3-5-17(6-4-9)20(18,19)12-8-10(14)7-11(16)13(12)15/h7-9H,2-6,16H2,1H3. The van der Waals surface area contributed by atoms with E-state index in [4.69, 9.17) is 17.3 Å². The molecule has 0 saturated carbocycles. The number of halogens is 2. The van der Waals surface area contributed by atoms with E-state index in [1.165, 1.54) is 10.4 Å². The summed E-state index contributed by atoms with van der Waals surface area (Å²) >= 11 is 5.78. The third kappa shape index (κ3) is 2.92. The lowest BCUT2D eigenvalue weighted by molar-refractivity contribution is 0.268. The van der Waals surface area contributed by atoms with Gasteiger partial charge < -0.3 is 5.73 Å². The number of hydrogen-bond acceptors (Lipinski definition) is 3. The normalized spacial score (nSPS) is 18.4. The van der Waals surface area contributed by atoms with Crippen LogP contribution in [0.2, 0.25) is 5.02 Å². The summed E-state index contributed by atoms with van der Waals surface area (Å²) in [6.45, 7) is 2.91. The monoisotopic (exact) mass is 320 g/mol. The van der Waals surface area contributed by atoms with Crippen LogP contribution in [-0.4, -0.2) is 25.8 Å². The fraction of sp³-hybridized carbons (Fsp3) is 0.538. The van der Waals surface area contributed by atoms with E-state index < -0.39 is 20.7 Å². The van der Waals surface area contributed by atoms with Crippen molar-refractivity contribution >= 4 is 27.3 Å². The zero-order chi connectivity index (χ0) is 14.9. The molecule has 0 atom stereocenters. The van der Waals surface area contributed by atoms with E-state index >= 15 is 0 Å². The Morgan fingerprint density at radius 3 is 2.55 bits per heavy atom. The highest BCUT2D eigenvalue weighted by Crippen LogP contribution is 2.30. The Morgan fingerprint density at radius 2 is 2.00 bits per heavy atom. The number of piperidine rings is 1. The van der Waals surface area contributed by atoms with Crippen LogP contribution in [-0.2, 0) is 10.0 Å². The molecule has 1 saturated heterocycles. The molecule has 1 aliphatic rings. The number of rotatable bonds is 3. The summed E-state index contributed by atoms with van der Waals surface area (Å²) in [4.78, 5) is -0.433. The minimum atomic E-state index is -3.88. The van der Waals surface area contributed by atoms with E-state index in [9.17, 15) is 12.8 Å². The van der Waals surface area contributed by atoms with Gasteiger partial charge in [-0.2, -0.15) is 4.31 Å². The molecule has 0 spiro atoms. The van der Waals surface area contributed by atoms with Crippen molar-refractivity contribution in [1.29, 1.82) is 0 Å². The smallest absolute Gasteiger partial charge is 0.246 e. The molecular formula is C13H18ClFN2O2S. The minimum absolute atomic E-state index is 0.117. The SMILES string of the molecule is CCC1CCN(S(=O)(=O)c2cc(Cl)cc(N)c2F)CC1. The molecule has 1 heterocycles. The molecule has 0 aliphatic carbocycles. The van der Waals surface area contributed by atoms with Crippen LogP contribution in [0.4, 0.5) is 10.1 Å². The number of sulfonamides is 1. The van der Waals surface area contributed by atoms with Crippen LogP contribution < -0.4 is 5.73 Å². The zero-order valence-electron chi connectivity index (χ0n) is 11.3. The Hall–Kier alpha value is -0.850. The van der Waals surface area contributed by atoms with Crippen LogP contribution in [0.1, 0.15) is 26.2 Å². The van der Waals surface area contributed by atoms with Gasteiger partial charge in [-0.3, -0.25) is 0 Å². The maximum atomic E-state index is 14.0. The summed E-state index contributed by atoms with van der Waals surface area (Å²) in [6.07, 6.45) is 2.63. The van der Waals surface area contributed by atoms with Gasteiger partial charge in [-0.15, -0.1) is 0 Å². The Bertz CT molecular complexity index is 599. The highest BCUT2D eigenvalue weighted by molar-refractivity contribution is 7.89. The predicted molar refractivity (Wildman–Crippen MR) is 77.6 cm³/mol. The fourth-order valence-electron chi connectivity index (χ4n) is 2.47. The molecule has 112 valence electrons. The van der Waals surface area contributed by atoms with Crippen molar-refractivity contribution in [3.63, 3.8) is 0 Å². The molecule has 1 fully saturated rings. The van der Waals surface area contributed by atoms with Crippen molar-refractivity contribution in [2.45, 2.75) is 31.1 Å². The molecule has 4 nitrogen and oxygen atoms in total. The largest absolute Gasteiger partial charge is 0.396 e. The van der Waals surface area contributed by atoms with Gasteiger partial charge in [0.25, 0.3) is 0 Å². The lowest BCUT2D eigenvalue weighted by Crippen LogP contribution is -2.38. The highest BCUT2D eigenvalue weighted by atomic mass is 35.5. The van der Waals surface area contributed by atoms with Crippen LogP contribution in [0, 0.1) is 11.7 Å². The number of benzene rings is 1. The van der Waals surface area contributed by atoms with Gasteiger partial charge in [-0.05, 0) is 30.9 Å². The molecule has 0 aromatic heterocycles. The Kier molecular flexibility index (Phi) is 4.56. The Morgan fingerprint density at radius 1 is 1.40 bits per heavy atom. The first kappa shape index (κ1) is 15.5. The van der Waals surface area contributed by atoms with Crippen molar-refractivity contribution in [3.8, 4) is 0 Å². The summed E-state index contributed by atoms with van der Waals surface area (Å²) in [7, 11) is -3.88. The number of nitrogens with zero attached hydrogens (tertiary/aromatic N) is 1. The molecule has 1 aromatic rings. The van der Waals surface area contributed by atoms with Crippen LogP contribution in [0.3, 0.4) is 0 Å². The number of anilines is 1. The van der Waals surface area contributed by atoms with Gasteiger partial charge in [-0.25, -0.2) is 12.8 Å². The van der Waals surface area contributed by atoms with Crippen molar-refractivity contribution in [1.82, 2.24) is 4.31 Å². The molecule has 1 aliphatic heterocycles. The second-order valence-electron chi connectivity index (χ2n) is 5.06. The summed E-state index contributed by atoms with van der Waals surface area (Å²) in [5.74, 6) is -0.386. The van der Waals surface area contributed by atoms with E-state index in [1.54, 1.807) is 0 Å². The van der Waals surface area contributed by atoms with E-state index in [0.717, 1.165) is 25.3 Å². The fourth-order valence-corrected chi connectivity index (χ4v) is 4.35. The first-order chi connectivity index (χ1) is 9.36. The summed E-state index contributed by atoms with van der Waals surface area (Å²) in [5, 5.41) is 0.117. The number of nitrogens with two attached hydrogens (primary N) is 1. The lowest BCUT2D eigenvalue weighted by Gasteiger charge is -2.30. The first-order valence-electron chi connectivity index (χ1n) is 6.61. The second kappa shape index (κ2) is 5.87. The van der Waals surface area contributed by atoms with Crippen LogP contribution in [0.25, 0.3) is 0 Å². The summed E-state index contributed by atoms with van der Waals surface area (Å²) in [5.41, 5.74) is 5.20. The molecule has 0 amide bonds. The van der Waals surface area contributed by atoms with Crippen molar-refractivity contribution in [2.24, 2.45) is 5.92 Å². The zero-order valence-corrected chi connectivity index (χ0v) is 12.8. The topological polar surface area (TPSA) is 63.4 Å². The quantitative estimate of drug-likeness (QED) is 0.871. The molecule has 2 rings (SSSR count). The van der Waals surface area contributed by atoms with Gasteiger partial charge in [0.2, 0.25) is 10.0 Å². The maximum absolute atomic E-state index is 14.0. The van der Waals surface area contributed by atoms with Gasteiger partial charge in [0.1, 0.15) is 4.90 Å². The molecule has 0 unspecified atom stereocenters. The van der Waals surface area contributed by atoms with E-state index in [2.05, 4.69) is 6.92 Å². The minimum Gasteiger partial charge on any atom is -0.396 e. The molecular weight excluding hydrogens is 303 g/mol. The van der Waals surface area contributed by atoms with E-state index in [-0.39, 0.29) is 10.7 Å². The predicted octanol–water partition coefficient (Wildman–Crippen LogP) is 2.87. The molecule has 2 N–H and O–H groups in total. The van der Waals surface area contributed by atoms with Crippen molar-refractivity contribution < 1.29 is 12.8 Å². The van der Waals surface area contributed by atoms with Gasteiger partial charge in [0.15, 0.2) is 5.82 Å². The molecule has 0 bridgehead atoms. The van der Waals surface area contributed by atoms with E-state index in [0.29, 0.717) is 19.0 Å². The number of hydrogen-bond donors (Lipinski definition) is 1. The summed E-state index contributed by atoms with van der Waals surface area (Å²) < 4.78 is 40.3. The van der Waals surface area contributed by atoms with Crippen LogP contribution >= 0.6 is 11.6 Å². The van der Waals surface area contributed by atoms with Crippen molar-refractivity contribution in [3.05, 3.63) is 23.0 Å². The third-order valence-corrected chi connectivity index (χ3v) is 5.92. The van der Waals surface area contributed by atoms with E-state index in [1.807, 2.05) is 0 Å². The number of nitrogen functional groups attached to an aromatic ring is 1. The van der Waals surface area contributed by atoms with Gasteiger partial charge in [0, 0.05) is 18.1 Å². The third-order valence-electron chi connectivity index (χ3n) is 3.80. The highest BCUT2D eigenvalue weighted by Gasteiger charge is 2.31. The lowest BCUT2D eigenvalue weighted by atomic mass is 9.96. The molecule has 7 heteroatoms. The van der Waals surface area contributed by atoms with Crippen LogP contribution in [0.15, 0.2) is 17.0 Å². The summed E-state index contributed by atoms with van der Waals surface area (Å²) in [6, 6.07) is 2.33. The molecule has 0 radical (unpaired) electrons. The molecule has 1 aromatic carbocycles. The Balaban J connectivity index is 2.32. The van der Waals surface area contributed by atoms with Crippen LogP contribution in [0.5, 0.6) is 0 Å².